The summed E-state index contributed by atoms with van der Waals surface area (Å²) in [4.78, 5) is 0. The van der Waals surface area contributed by atoms with Crippen LogP contribution in [-0.2, 0) is 9.47 Å². The molecule has 0 spiro atoms. The van der Waals surface area contributed by atoms with Gasteiger partial charge < -0.3 is 14.8 Å². The highest BCUT2D eigenvalue weighted by Gasteiger charge is 2.29. The lowest BCUT2D eigenvalue weighted by Gasteiger charge is -2.37. The van der Waals surface area contributed by atoms with Crippen LogP contribution in [0.2, 0.25) is 0 Å². The maximum Gasteiger partial charge on any atom is 0.162 e. The SMILES string of the molecule is CC1(C)OCC(NC2CCSCC2)CO1. The topological polar surface area (TPSA) is 30.5 Å². The molecule has 0 bridgehead atoms. The zero-order chi connectivity index (χ0) is 10.7. The molecule has 0 amide bonds. The summed E-state index contributed by atoms with van der Waals surface area (Å²) in [6, 6.07) is 1.05. The summed E-state index contributed by atoms with van der Waals surface area (Å²) in [5, 5.41) is 3.63. The molecule has 2 heterocycles. The van der Waals surface area contributed by atoms with Gasteiger partial charge >= 0.3 is 0 Å². The van der Waals surface area contributed by atoms with Crippen LogP contribution in [0.25, 0.3) is 0 Å². The van der Waals surface area contributed by atoms with Gasteiger partial charge in [-0.25, -0.2) is 0 Å². The molecule has 0 aromatic carbocycles. The van der Waals surface area contributed by atoms with E-state index in [9.17, 15) is 0 Å². The Hall–Kier alpha value is 0.230. The summed E-state index contributed by atoms with van der Waals surface area (Å²) in [6.07, 6.45) is 2.56. The van der Waals surface area contributed by atoms with Crippen LogP contribution in [0.1, 0.15) is 26.7 Å². The highest BCUT2D eigenvalue weighted by Crippen LogP contribution is 2.20. The molecule has 0 aromatic heterocycles. The summed E-state index contributed by atoms with van der Waals surface area (Å²) < 4.78 is 11.3. The Morgan fingerprint density at radius 1 is 1.07 bits per heavy atom. The molecule has 0 aromatic rings. The van der Waals surface area contributed by atoms with Crippen molar-refractivity contribution in [3.05, 3.63) is 0 Å². The van der Waals surface area contributed by atoms with Crippen molar-refractivity contribution in [1.82, 2.24) is 5.32 Å². The van der Waals surface area contributed by atoms with Crippen LogP contribution < -0.4 is 5.32 Å². The fourth-order valence-electron chi connectivity index (χ4n) is 1.99. The van der Waals surface area contributed by atoms with Gasteiger partial charge in [0.25, 0.3) is 0 Å². The quantitative estimate of drug-likeness (QED) is 0.782. The number of nitrogens with one attached hydrogen (secondary N) is 1. The van der Waals surface area contributed by atoms with Crippen molar-refractivity contribution in [1.29, 1.82) is 0 Å². The number of ether oxygens (including phenoxy) is 2. The zero-order valence-electron chi connectivity index (χ0n) is 9.62. The molecule has 2 rings (SSSR count). The van der Waals surface area contributed by atoms with Crippen LogP contribution in [0.15, 0.2) is 0 Å². The molecule has 0 aliphatic carbocycles. The predicted molar refractivity (Wildman–Crippen MR) is 63.3 cm³/mol. The third kappa shape index (κ3) is 3.63. The van der Waals surface area contributed by atoms with Crippen LogP contribution in [0, 0.1) is 0 Å². The van der Waals surface area contributed by atoms with Crippen LogP contribution in [0.4, 0.5) is 0 Å². The molecule has 2 fully saturated rings. The van der Waals surface area contributed by atoms with Gasteiger partial charge in [0, 0.05) is 6.04 Å². The first kappa shape index (κ1) is 11.7. The Kier molecular flexibility index (Phi) is 3.93. The third-order valence-electron chi connectivity index (χ3n) is 2.96. The van der Waals surface area contributed by atoms with E-state index >= 15 is 0 Å². The molecular weight excluding hydrogens is 210 g/mol. The highest BCUT2D eigenvalue weighted by molar-refractivity contribution is 7.99. The van der Waals surface area contributed by atoms with Crippen LogP contribution in [0.5, 0.6) is 0 Å². The van der Waals surface area contributed by atoms with Crippen molar-refractivity contribution >= 4 is 11.8 Å². The Balaban J connectivity index is 1.71. The number of hydrogen-bond acceptors (Lipinski definition) is 4. The van der Waals surface area contributed by atoms with Gasteiger partial charge in [-0.15, -0.1) is 0 Å². The normalized spacial score (nSPS) is 29.2. The monoisotopic (exact) mass is 231 g/mol. The summed E-state index contributed by atoms with van der Waals surface area (Å²) in [6.45, 7) is 5.49. The fraction of sp³-hybridized carbons (Fsp3) is 1.00. The third-order valence-corrected chi connectivity index (χ3v) is 4.01. The highest BCUT2D eigenvalue weighted by atomic mass is 32.2. The molecule has 15 heavy (non-hydrogen) atoms. The zero-order valence-corrected chi connectivity index (χ0v) is 10.4. The molecule has 0 unspecified atom stereocenters. The Morgan fingerprint density at radius 2 is 1.67 bits per heavy atom. The standard InChI is InChI=1S/C11H21NO2S/c1-11(2)13-7-10(8-14-11)12-9-3-5-15-6-4-9/h9-10,12H,3-8H2,1-2H3. The molecule has 0 radical (unpaired) electrons. The molecular formula is C11H21NO2S. The lowest BCUT2D eigenvalue weighted by atomic mass is 10.1. The molecule has 0 atom stereocenters. The van der Waals surface area contributed by atoms with Gasteiger partial charge in [-0.2, -0.15) is 11.8 Å². The first-order valence-electron chi connectivity index (χ1n) is 5.77. The van der Waals surface area contributed by atoms with Gasteiger partial charge in [0.05, 0.1) is 19.3 Å². The molecule has 2 aliphatic heterocycles. The molecule has 4 heteroatoms. The number of thioether (sulfide) groups is 1. The van der Waals surface area contributed by atoms with Gasteiger partial charge in [-0.05, 0) is 38.2 Å². The Bertz CT molecular complexity index is 195. The van der Waals surface area contributed by atoms with E-state index in [-0.39, 0.29) is 5.79 Å². The molecule has 0 saturated carbocycles. The van der Waals surface area contributed by atoms with Crippen molar-refractivity contribution in [2.75, 3.05) is 24.7 Å². The van der Waals surface area contributed by atoms with E-state index in [1.54, 1.807) is 0 Å². The summed E-state index contributed by atoms with van der Waals surface area (Å²) in [7, 11) is 0. The van der Waals surface area contributed by atoms with Crippen molar-refractivity contribution in [2.45, 2.75) is 44.6 Å². The van der Waals surface area contributed by atoms with E-state index in [1.807, 2.05) is 13.8 Å². The Morgan fingerprint density at radius 3 is 2.27 bits per heavy atom. The fourth-order valence-corrected chi connectivity index (χ4v) is 3.09. The minimum atomic E-state index is -0.388. The summed E-state index contributed by atoms with van der Waals surface area (Å²) in [5.41, 5.74) is 0. The van der Waals surface area contributed by atoms with Crippen LogP contribution >= 0.6 is 11.8 Å². The second-order valence-corrected chi connectivity index (χ2v) is 6.00. The lowest BCUT2D eigenvalue weighted by molar-refractivity contribution is -0.253. The van der Waals surface area contributed by atoms with Gasteiger partial charge in [-0.3, -0.25) is 0 Å². The van der Waals surface area contributed by atoms with Crippen molar-refractivity contribution in [3.8, 4) is 0 Å². The first-order valence-corrected chi connectivity index (χ1v) is 6.93. The van der Waals surface area contributed by atoms with E-state index in [2.05, 4.69) is 17.1 Å². The molecule has 2 saturated heterocycles. The van der Waals surface area contributed by atoms with Crippen LogP contribution in [0.3, 0.4) is 0 Å². The van der Waals surface area contributed by atoms with Crippen molar-refractivity contribution in [2.24, 2.45) is 0 Å². The molecule has 2 aliphatic rings. The minimum Gasteiger partial charge on any atom is -0.349 e. The smallest absolute Gasteiger partial charge is 0.162 e. The predicted octanol–water partition coefficient (Wildman–Crippen LogP) is 1.62. The minimum absolute atomic E-state index is 0.381. The van der Waals surface area contributed by atoms with E-state index in [4.69, 9.17) is 9.47 Å². The van der Waals surface area contributed by atoms with E-state index in [0.717, 1.165) is 13.2 Å². The average molecular weight is 231 g/mol. The largest absolute Gasteiger partial charge is 0.349 e. The van der Waals surface area contributed by atoms with Gasteiger partial charge in [0.2, 0.25) is 0 Å². The van der Waals surface area contributed by atoms with Gasteiger partial charge in [0.15, 0.2) is 5.79 Å². The molecule has 88 valence electrons. The van der Waals surface area contributed by atoms with E-state index in [0.29, 0.717) is 12.1 Å². The maximum absolute atomic E-state index is 5.63. The van der Waals surface area contributed by atoms with Gasteiger partial charge in [-0.1, -0.05) is 0 Å². The lowest BCUT2D eigenvalue weighted by Crippen LogP contribution is -2.52. The number of hydrogen-bond donors (Lipinski definition) is 1. The van der Waals surface area contributed by atoms with Crippen molar-refractivity contribution in [3.63, 3.8) is 0 Å². The summed E-state index contributed by atoms with van der Waals surface area (Å²) in [5.74, 6) is 2.19. The first-order chi connectivity index (χ1) is 7.16. The summed E-state index contributed by atoms with van der Waals surface area (Å²) >= 11 is 2.06. The Labute approximate surface area is 96.3 Å². The second-order valence-electron chi connectivity index (χ2n) is 4.77. The van der Waals surface area contributed by atoms with E-state index < -0.39 is 0 Å². The maximum atomic E-state index is 5.63. The second kappa shape index (κ2) is 5.04. The molecule has 3 nitrogen and oxygen atoms in total. The van der Waals surface area contributed by atoms with Gasteiger partial charge in [0.1, 0.15) is 0 Å². The van der Waals surface area contributed by atoms with E-state index in [1.165, 1.54) is 24.3 Å². The number of rotatable bonds is 2. The average Bonchev–Trinajstić information content (AvgIpc) is 2.23. The van der Waals surface area contributed by atoms with Crippen molar-refractivity contribution < 1.29 is 9.47 Å². The molecule has 1 N–H and O–H groups in total. The van der Waals surface area contributed by atoms with Crippen LogP contribution in [-0.4, -0.2) is 42.6 Å².